The highest BCUT2D eigenvalue weighted by Gasteiger charge is 2.14. The lowest BCUT2D eigenvalue weighted by Crippen LogP contribution is -2.25. The molecule has 0 saturated carbocycles. The molecule has 0 bridgehead atoms. The number of amides is 2. The van der Waals surface area contributed by atoms with E-state index in [4.69, 9.17) is 9.72 Å². The summed E-state index contributed by atoms with van der Waals surface area (Å²) in [4.78, 5) is 30.4. The normalized spacial score (nSPS) is 10.7. The molecule has 3 aromatic carbocycles. The lowest BCUT2D eigenvalue weighted by atomic mass is 10.2. The summed E-state index contributed by atoms with van der Waals surface area (Å²) in [6, 6.07) is 25.0. The maximum absolute atomic E-state index is 12.6. The van der Waals surface area contributed by atoms with E-state index in [0.717, 1.165) is 22.5 Å². The van der Waals surface area contributed by atoms with E-state index >= 15 is 0 Å². The van der Waals surface area contributed by atoms with Gasteiger partial charge in [-0.2, -0.15) is 0 Å². The first-order valence-electron chi connectivity index (χ1n) is 10.3. The third-order valence-corrected chi connectivity index (χ3v) is 5.21. The number of benzene rings is 3. The molecule has 1 aromatic heterocycles. The molecule has 32 heavy (non-hydrogen) atoms. The summed E-state index contributed by atoms with van der Waals surface area (Å²) in [6.45, 7) is 0. The van der Waals surface area contributed by atoms with Crippen LogP contribution in [0.5, 0.6) is 0 Å². The number of ether oxygens (including phenoxy) is 1. The fraction of sp³-hybridized carbons (Fsp3) is 0.160. The Balaban J connectivity index is 1.46. The van der Waals surface area contributed by atoms with Crippen molar-refractivity contribution < 1.29 is 14.3 Å². The lowest BCUT2D eigenvalue weighted by Gasteiger charge is -2.16. The Hall–Kier alpha value is -4.13. The number of para-hydroxylation sites is 3. The zero-order chi connectivity index (χ0) is 22.5. The zero-order valence-corrected chi connectivity index (χ0v) is 18.0. The number of hydrogen-bond acceptors (Lipinski definition) is 4. The van der Waals surface area contributed by atoms with Crippen LogP contribution in [0.2, 0.25) is 0 Å². The van der Waals surface area contributed by atoms with E-state index in [1.54, 1.807) is 31.3 Å². The number of fused-ring (bicyclic) bond motifs is 1. The summed E-state index contributed by atoms with van der Waals surface area (Å²) in [6.07, 6.45) is 0.335. The van der Waals surface area contributed by atoms with Gasteiger partial charge in [0.2, 0.25) is 5.91 Å². The molecular weight excluding hydrogens is 404 g/mol. The third kappa shape index (κ3) is 4.46. The molecule has 0 radical (unpaired) electrons. The van der Waals surface area contributed by atoms with Gasteiger partial charge in [-0.25, -0.2) is 9.78 Å². The number of carbonyl (C=O) groups is 2. The Morgan fingerprint density at radius 1 is 0.969 bits per heavy atom. The van der Waals surface area contributed by atoms with E-state index in [-0.39, 0.29) is 5.91 Å². The second-order valence-corrected chi connectivity index (χ2v) is 7.31. The van der Waals surface area contributed by atoms with Crippen LogP contribution >= 0.6 is 0 Å². The van der Waals surface area contributed by atoms with Crippen LogP contribution in [-0.2, 0) is 16.0 Å². The molecule has 0 aliphatic rings. The number of imidazole rings is 1. The van der Waals surface area contributed by atoms with Crippen LogP contribution < -0.4 is 10.2 Å². The highest BCUT2D eigenvalue weighted by atomic mass is 16.5. The van der Waals surface area contributed by atoms with Gasteiger partial charge in [0.25, 0.3) is 0 Å². The molecule has 4 rings (SSSR count). The number of methoxy groups -OCH3 is 1. The first-order chi connectivity index (χ1) is 15.6. The van der Waals surface area contributed by atoms with Gasteiger partial charge < -0.3 is 10.1 Å². The molecule has 0 atom stereocenters. The molecule has 1 N–H and O–H groups in total. The molecule has 2 amide bonds. The van der Waals surface area contributed by atoms with E-state index in [1.807, 2.05) is 54.6 Å². The van der Waals surface area contributed by atoms with E-state index in [9.17, 15) is 9.59 Å². The smallest absolute Gasteiger partial charge is 0.413 e. The Morgan fingerprint density at radius 3 is 2.38 bits per heavy atom. The second kappa shape index (κ2) is 9.34. The number of anilines is 2. The van der Waals surface area contributed by atoms with Crippen molar-refractivity contribution in [1.82, 2.24) is 9.55 Å². The first-order valence-corrected chi connectivity index (χ1v) is 10.3. The minimum absolute atomic E-state index is 0.106. The fourth-order valence-electron chi connectivity index (χ4n) is 3.57. The average molecular weight is 428 g/mol. The predicted molar refractivity (Wildman–Crippen MR) is 125 cm³/mol. The van der Waals surface area contributed by atoms with Crippen molar-refractivity contribution in [1.29, 1.82) is 0 Å². The third-order valence-electron chi connectivity index (χ3n) is 5.21. The van der Waals surface area contributed by atoms with Crippen LogP contribution in [0.15, 0.2) is 78.9 Å². The van der Waals surface area contributed by atoms with E-state index in [1.165, 1.54) is 12.0 Å². The van der Waals surface area contributed by atoms with Gasteiger partial charge in [-0.05, 0) is 48.5 Å². The monoisotopic (exact) mass is 428 g/mol. The molecule has 0 saturated heterocycles. The number of carbonyl (C=O) groups excluding carboxylic acids is 2. The van der Waals surface area contributed by atoms with Gasteiger partial charge in [-0.1, -0.05) is 30.3 Å². The Labute approximate surface area is 186 Å². The van der Waals surface area contributed by atoms with Crippen molar-refractivity contribution >= 4 is 34.4 Å². The zero-order valence-electron chi connectivity index (χ0n) is 18.0. The summed E-state index contributed by atoms with van der Waals surface area (Å²) in [5, 5.41) is 2.90. The SMILES string of the molecule is COC(=O)N(C)c1ccc(NC(=O)CCc2nc3ccccc3n2-c2ccccc2)cc1. The molecule has 0 fully saturated rings. The quantitative estimate of drug-likeness (QED) is 0.479. The molecule has 0 spiro atoms. The fourth-order valence-corrected chi connectivity index (χ4v) is 3.57. The van der Waals surface area contributed by atoms with Crippen molar-refractivity contribution in [2.45, 2.75) is 12.8 Å². The summed E-state index contributed by atoms with van der Waals surface area (Å²) in [5.74, 6) is 0.730. The highest BCUT2D eigenvalue weighted by molar-refractivity contribution is 5.92. The van der Waals surface area contributed by atoms with Gasteiger partial charge in [0.1, 0.15) is 5.82 Å². The van der Waals surface area contributed by atoms with Crippen LogP contribution in [0.1, 0.15) is 12.2 Å². The summed E-state index contributed by atoms with van der Waals surface area (Å²) in [7, 11) is 2.96. The molecular formula is C25H24N4O3. The molecule has 1 heterocycles. The first kappa shape index (κ1) is 21.1. The largest absolute Gasteiger partial charge is 0.452 e. The van der Waals surface area contributed by atoms with Gasteiger partial charge in [0.05, 0.1) is 18.1 Å². The van der Waals surface area contributed by atoms with Crippen LogP contribution in [0.4, 0.5) is 16.2 Å². The van der Waals surface area contributed by atoms with Crippen molar-refractivity contribution in [3.05, 3.63) is 84.7 Å². The van der Waals surface area contributed by atoms with Crippen LogP contribution in [0.3, 0.4) is 0 Å². The predicted octanol–water partition coefficient (Wildman–Crippen LogP) is 4.80. The Kier molecular flexibility index (Phi) is 6.17. The van der Waals surface area contributed by atoms with Crippen LogP contribution in [0.25, 0.3) is 16.7 Å². The van der Waals surface area contributed by atoms with Crippen LogP contribution in [0, 0.1) is 0 Å². The van der Waals surface area contributed by atoms with Crippen molar-refractivity contribution in [2.24, 2.45) is 0 Å². The molecule has 0 aliphatic carbocycles. The molecule has 0 aliphatic heterocycles. The molecule has 7 heteroatoms. The van der Waals surface area contributed by atoms with E-state index < -0.39 is 6.09 Å². The number of rotatable bonds is 6. The lowest BCUT2D eigenvalue weighted by molar-refractivity contribution is -0.116. The minimum atomic E-state index is -0.455. The second-order valence-electron chi connectivity index (χ2n) is 7.31. The van der Waals surface area contributed by atoms with Gasteiger partial charge in [-0.3, -0.25) is 14.3 Å². The maximum Gasteiger partial charge on any atom is 0.413 e. The van der Waals surface area contributed by atoms with Crippen molar-refractivity contribution in [3.8, 4) is 5.69 Å². The average Bonchev–Trinajstić information content (AvgIpc) is 3.21. The number of hydrogen-bond donors (Lipinski definition) is 1. The number of nitrogens with one attached hydrogen (secondary N) is 1. The van der Waals surface area contributed by atoms with Crippen LogP contribution in [-0.4, -0.2) is 35.7 Å². The topological polar surface area (TPSA) is 76.5 Å². The Bertz CT molecular complexity index is 1230. The minimum Gasteiger partial charge on any atom is -0.452 e. The standard InChI is InChI=1S/C25H24N4O3/c1-28(25(31)32-2)19-14-12-18(13-15-19)26-24(30)17-16-23-27-21-10-6-7-11-22(21)29(23)20-8-4-3-5-9-20/h3-15H,16-17H2,1-2H3,(H,26,30). The number of aryl methyl sites for hydroxylation is 1. The van der Waals surface area contributed by atoms with Gasteiger partial charge in [0.15, 0.2) is 0 Å². The van der Waals surface area contributed by atoms with Crippen molar-refractivity contribution in [3.63, 3.8) is 0 Å². The maximum atomic E-state index is 12.6. The number of aromatic nitrogens is 2. The van der Waals surface area contributed by atoms with Crippen molar-refractivity contribution in [2.75, 3.05) is 24.4 Å². The summed E-state index contributed by atoms with van der Waals surface area (Å²) in [5.41, 5.74) is 4.26. The molecule has 4 aromatic rings. The summed E-state index contributed by atoms with van der Waals surface area (Å²) >= 11 is 0. The van der Waals surface area contributed by atoms with Gasteiger partial charge >= 0.3 is 6.09 Å². The molecule has 7 nitrogen and oxygen atoms in total. The highest BCUT2D eigenvalue weighted by Crippen LogP contribution is 2.23. The van der Waals surface area contributed by atoms with Gasteiger partial charge in [-0.15, -0.1) is 0 Å². The van der Waals surface area contributed by atoms with Gasteiger partial charge in [0, 0.05) is 37.0 Å². The summed E-state index contributed by atoms with van der Waals surface area (Å²) < 4.78 is 6.81. The van der Waals surface area contributed by atoms with E-state index in [2.05, 4.69) is 9.88 Å². The molecule has 0 unspecified atom stereocenters. The molecule has 162 valence electrons. The van der Waals surface area contributed by atoms with E-state index in [0.29, 0.717) is 24.2 Å². The number of nitrogens with zero attached hydrogens (tertiary/aromatic N) is 3. The Morgan fingerprint density at radius 2 is 1.66 bits per heavy atom.